The Hall–Kier alpha value is -3.23. The number of hydrogen-bond donors (Lipinski definition) is 1. The van der Waals surface area contributed by atoms with Crippen LogP contribution in [-0.4, -0.2) is 72.4 Å². The van der Waals surface area contributed by atoms with Crippen molar-refractivity contribution in [3.8, 4) is 0 Å². The highest BCUT2D eigenvalue weighted by molar-refractivity contribution is 6.07. The second-order valence-corrected chi connectivity index (χ2v) is 9.02. The lowest BCUT2D eigenvalue weighted by Crippen LogP contribution is -2.45. The summed E-state index contributed by atoms with van der Waals surface area (Å²) in [6.07, 6.45) is 2.29. The fourth-order valence-corrected chi connectivity index (χ4v) is 4.65. The first kappa shape index (κ1) is 22.6. The van der Waals surface area contributed by atoms with Crippen molar-refractivity contribution in [3.63, 3.8) is 0 Å². The molecule has 8 heteroatoms. The number of benzene rings is 1. The number of morpholine rings is 2. The maximum atomic E-state index is 13.3. The Bertz CT molecular complexity index is 1140. The Morgan fingerprint density at radius 3 is 2.59 bits per heavy atom. The molecule has 5 rings (SSSR count). The minimum atomic E-state index is 0.0185. The molecule has 2 aromatic heterocycles. The van der Waals surface area contributed by atoms with Gasteiger partial charge in [0.05, 0.1) is 36.5 Å². The van der Waals surface area contributed by atoms with Crippen LogP contribution >= 0.6 is 0 Å². The number of aromatic nitrogens is 2. The van der Waals surface area contributed by atoms with Gasteiger partial charge in [-0.25, -0.2) is 9.97 Å². The van der Waals surface area contributed by atoms with Gasteiger partial charge in [-0.1, -0.05) is 24.3 Å². The first-order valence-electron chi connectivity index (χ1n) is 11.9. The number of nitrogens with zero attached hydrogens (tertiary/aromatic N) is 4. The molecule has 0 bridgehead atoms. The fraction of sp³-hybridized carbons (Fsp3) is 0.423. The quantitative estimate of drug-likeness (QED) is 0.624. The first-order chi connectivity index (χ1) is 16.6. The van der Waals surface area contributed by atoms with Crippen LogP contribution in [0.3, 0.4) is 0 Å². The van der Waals surface area contributed by atoms with Crippen LogP contribution in [0.1, 0.15) is 29.8 Å². The number of nitrogens with one attached hydrogen (secondary N) is 1. The van der Waals surface area contributed by atoms with Crippen LogP contribution in [0, 0.1) is 0 Å². The number of carbonyl (C=O) groups is 1. The zero-order valence-electron chi connectivity index (χ0n) is 19.7. The van der Waals surface area contributed by atoms with Crippen LogP contribution in [0.15, 0.2) is 48.7 Å². The average Bonchev–Trinajstić information content (AvgIpc) is 2.87. The van der Waals surface area contributed by atoms with E-state index in [1.54, 1.807) is 0 Å². The molecule has 3 aromatic rings. The van der Waals surface area contributed by atoms with E-state index >= 15 is 0 Å². The van der Waals surface area contributed by atoms with Crippen molar-refractivity contribution in [2.24, 2.45) is 0 Å². The zero-order chi connectivity index (χ0) is 23.5. The van der Waals surface area contributed by atoms with E-state index < -0.39 is 0 Å². The third-order valence-corrected chi connectivity index (χ3v) is 6.27. The van der Waals surface area contributed by atoms with E-state index in [4.69, 9.17) is 14.5 Å². The zero-order valence-corrected chi connectivity index (χ0v) is 19.7. The molecular formula is C26H31N5O3. The van der Waals surface area contributed by atoms with Gasteiger partial charge in [0, 0.05) is 44.3 Å². The van der Waals surface area contributed by atoms with E-state index in [0.717, 1.165) is 35.4 Å². The lowest BCUT2D eigenvalue weighted by molar-refractivity contribution is -0.00546. The molecule has 2 aliphatic heterocycles. The van der Waals surface area contributed by atoms with Crippen molar-refractivity contribution >= 4 is 28.4 Å². The highest BCUT2D eigenvalue weighted by atomic mass is 16.5. The molecule has 1 aromatic carbocycles. The Morgan fingerprint density at radius 2 is 1.85 bits per heavy atom. The highest BCUT2D eigenvalue weighted by Gasteiger charge is 2.23. The molecule has 0 saturated carbocycles. The van der Waals surface area contributed by atoms with E-state index in [2.05, 4.69) is 41.2 Å². The lowest BCUT2D eigenvalue weighted by atomic mass is 10.1. The summed E-state index contributed by atoms with van der Waals surface area (Å²) < 4.78 is 11.2. The van der Waals surface area contributed by atoms with Crippen molar-refractivity contribution in [1.82, 2.24) is 14.9 Å². The van der Waals surface area contributed by atoms with E-state index in [0.29, 0.717) is 44.2 Å². The van der Waals surface area contributed by atoms with E-state index in [9.17, 15) is 4.79 Å². The van der Waals surface area contributed by atoms with Crippen LogP contribution in [0.25, 0.3) is 10.9 Å². The molecule has 2 fully saturated rings. The summed E-state index contributed by atoms with van der Waals surface area (Å²) in [5.41, 5.74) is 2.52. The van der Waals surface area contributed by atoms with Crippen LogP contribution in [0.2, 0.25) is 0 Å². The number of hydrogen-bond acceptors (Lipinski definition) is 7. The number of carbonyl (C=O) groups excluding carboxylic acids is 1. The molecule has 8 nitrogen and oxygen atoms in total. The molecule has 178 valence electrons. The summed E-state index contributed by atoms with van der Waals surface area (Å²) in [5.74, 6) is 1.66. The van der Waals surface area contributed by atoms with E-state index in [1.807, 2.05) is 41.4 Å². The predicted octanol–water partition coefficient (Wildman–Crippen LogP) is 3.33. The van der Waals surface area contributed by atoms with Gasteiger partial charge < -0.3 is 24.6 Å². The molecule has 1 amide bonds. The van der Waals surface area contributed by atoms with Gasteiger partial charge in [0.2, 0.25) is 0 Å². The van der Waals surface area contributed by atoms with Gasteiger partial charge in [0.25, 0.3) is 5.91 Å². The Kier molecular flexibility index (Phi) is 6.60. The molecule has 2 atom stereocenters. The standard InChI is InChI=1S/C26H31N5O3/c1-18-16-31(17-19(2)34-18)25-8-7-20(15-28-25)14-27-24-13-22(21-5-3-4-6-23(21)29-24)26(32)30-9-11-33-12-10-30/h3-8,13,15,18-19H,9-12,14,16-17H2,1-2H3,(H,27,29). The summed E-state index contributed by atoms with van der Waals surface area (Å²) >= 11 is 0. The minimum Gasteiger partial charge on any atom is -0.378 e. The average molecular weight is 462 g/mol. The highest BCUT2D eigenvalue weighted by Crippen LogP contribution is 2.24. The third-order valence-electron chi connectivity index (χ3n) is 6.27. The summed E-state index contributed by atoms with van der Waals surface area (Å²) in [6.45, 7) is 8.81. The second kappa shape index (κ2) is 9.95. The van der Waals surface area contributed by atoms with Gasteiger partial charge in [-0.3, -0.25) is 4.79 Å². The molecule has 0 radical (unpaired) electrons. The number of anilines is 2. The number of rotatable bonds is 5. The van der Waals surface area contributed by atoms with Gasteiger partial charge in [0.15, 0.2) is 0 Å². The summed E-state index contributed by atoms with van der Waals surface area (Å²) in [6, 6.07) is 13.8. The largest absolute Gasteiger partial charge is 0.378 e. The Morgan fingerprint density at radius 1 is 1.09 bits per heavy atom. The molecule has 0 aliphatic carbocycles. The van der Waals surface area contributed by atoms with Crippen LogP contribution in [0.5, 0.6) is 0 Å². The van der Waals surface area contributed by atoms with Crippen molar-refractivity contribution in [2.75, 3.05) is 49.6 Å². The van der Waals surface area contributed by atoms with E-state index in [-0.39, 0.29) is 18.1 Å². The van der Waals surface area contributed by atoms with Crippen molar-refractivity contribution in [2.45, 2.75) is 32.6 Å². The van der Waals surface area contributed by atoms with Crippen molar-refractivity contribution < 1.29 is 14.3 Å². The summed E-state index contributed by atoms with van der Waals surface area (Å²) in [5, 5.41) is 4.25. The molecule has 2 unspecified atom stereocenters. The van der Waals surface area contributed by atoms with Crippen molar-refractivity contribution in [1.29, 1.82) is 0 Å². The third kappa shape index (κ3) is 4.98. The Balaban J connectivity index is 1.31. The number of amides is 1. The predicted molar refractivity (Wildman–Crippen MR) is 132 cm³/mol. The molecule has 2 aliphatic rings. The smallest absolute Gasteiger partial charge is 0.254 e. The lowest BCUT2D eigenvalue weighted by Gasteiger charge is -2.36. The summed E-state index contributed by atoms with van der Waals surface area (Å²) in [4.78, 5) is 26.8. The molecule has 1 N–H and O–H groups in total. The normalized spacial score (nSPS) is 21.0. The van der Waals surface area contributed by atoms with Gasteiger partial charge in [0.1, 0.15) is 11.6 Å². The van der Waals surface area contributed by atoms with Crippen LogP contribution in [0.4, 0.5) is 11.6 Å². The number of ether oxygens (including phenoxy) is 2. The number of fused-ring (bicyclic) bond motifs is 1. The first-order valence-corrected chi connectivity index (χ1v) is 11.9. The topological polar surface area (TPSA) is 79.8 Å². The summed E-state index contributed by atoms with van der Waals surface area (Å²) in [7, 11) is 0. The van der Waals surface area contributed by atoms with Crippen LogP contribution in [-0.2, 0) is 16.0 Å². The van der Waals surface area contributed by atoms with Gasteiger partial charge in [-0.2, -0.15) is 0 Å². The SMILES string of the molecule is CC1CN(c2ccc(CNc3cc(C(=O)N4CCOCC4)c4ccccc4n3)cn2)CC(C)O1. The van der Waals surface area contributed by atoms with E-state index in [1.165, 1.54) is 0 Å². The maximum Gasteiger partial charge on any atom is 0.254 e. The molecule has 34 heavy (non-hydrogen) atoms. The maximum absolute atomic E-state index is 13.3. The van der Waals surface area contributed by atoms with Crippen LogP contribution < -0.4 is 10.2 Å². The van der Waals surface area contributed by atoms with Gasteiger partial charge >= 0.3 is 0 Å². The monoisotopic (exact) mass is 461 g/mol. The number of para-hydroxylation sites is 1. The molecule has 4 heterocycles. The van der Waals surface area contributed by atoms with Crippen molar-refractivity contribution in [3.05, 3.63) is 59.8 Å². The Labute approximate surface area is 199 Å². The minimum absolute atomic E-state index is 0.0185. The second-order valence-electron chi connectivity index (χ2n) is 9.02. The molecular weight excluding hydrogens is 430 g/mol. The number of pyridine rings is 2. The fourth-order valence-electron chi connectivity index (χ4n) is 4.65. The molecule has 0 spiro atoms. The van der Waals surface area contributed by atoms with Gasteiger partial charge in [-0.15, -0.1) is 0 Å². The molecule has 2 saturated heterocycles. The van der Waals surface area contributed by atoms with Gasteiger partial charge in [-0.05, 0) is 37.6 Å².